The summed E-state index contributed by atoms with van der Waals surface area (Å²) < 4.78 is 0. The zero-order chi connectivity index (χ0) is 19.8. The van der Waals surface area contributed by atoms with Gasteiger partial charge in [0, 0.05) is 42.3 Å². The van der Waals surface area contributed by atoms with E-state index in [2.05, 4.69) is 15.3 Å². The van der Waals surface area contributed by atoms with Crippen molar-refractivity contribution in [2.75, 3.05) is 5.32 Å². The number of rotatable bonds is 6. The van der Waals surface area contributed by atoms with E-state index in [9.17, 15) is 9.90 Å². The van der Waals surface area contributed by atoms with Crippen molar-refractivity contribution in [3.63, 3.8) is 0 Å². The molecule has 7 heteroatoms. The van der Waals surface area contributed by atoms with Gasteiger partial charge in [0.1, 0.15) is 11.3 Å². The van der Waals surface area contributed by atoms with Gasteiger partial charge in [-0.2, -0.15) is 0 Å². The van der Waals surface area contributed by atoms with Crippen LogP contribution in [-0.4, -0.2) is 31.0 Å². The van der Waals surface area contributed by atoms with Crippen LogP contribution in [0.15, 0.2) is 48.9 Å². The van der Waals surface area contributed by atoms with Crippen LogP contribution in [0.3, 0.4) is 0 Å². The molecule has 4 aromatic rings. The standard InChI is InChI=1S/C22H19N5O2/c28-22(29)15-5-6-16-17-12-24-19(8-13-3-4-13)27-20(17)21(26-18(16)9-15)25-11-14-2-1-7-23-10-14/h1-2,5-7,9-10,12-13H,3-4,8,11H2,(H,25,26)(H,28,29). The minimum Gasteiger partial charge on any atom is -0.478 e. The molecule has 2 N–H and O–H groups in total. The van der Waals surface area contributed by atoms with Gasteiger partial charge >= 0.3 is 5.97 Å². The van der Waals surface area contributed by atoms with Crippen LogP contribution >= 0.6 is 0 Å². The van der Waals surface area contributed by atoms with Gasteiger partial charge < -0.3 is 10.4 Å². The Bertz CT molecular complexity index is 1220. The molecule has 29 heavy (non-hydrogen) atoms. The number of nitrogens with zero attached hydrogens (tertiary/aromatic N) is 4. The van der Waals surface area contributed by atoms with E-state index < -0.39 is 5.97 Å². The van der Waals surface area contributed by atoms with Crippen molar-refractivity contribution in [2.45, 2.75) is 25.8 Å². The molecule has 5 rings (SSSR count). The predicted octanol–water partition coefficient (Wildman–Crippen LogP) is 3.84. The van der Waals surface area contributed by atoms with Crippen LogP contribution in [0.25, 0.3) is 21.8 Å². The molecular formula is C22H19N5O2. The minimum absolute atomic E-state index is 0.203. The number of carboxylic acid groups (broad SMARTS) is 1. The highest BCUT2D eigenvalue weighted by Gasteiger charge is 2.23. The first kappa shape index (κ1) is 17.5. The van der Waals surface area contributed by atoms with Crippen LogP contribution in [0.5, 0.6) is 0 Å². The fourth-order valence-electron chi connectivity index (χ4n) is 3.44. The monoisotopic (exact) mass is 385 g/mol. The van der Waals surface area contributed by atoms with Crippen LogP contribution < -0.4 is 5.32 Å². The second-order valence-corrected chi connectivity index (χ2v) is 7.41. The van der Waals surface area contributed by atoms with E-state index in [0.717, 1.165) is 34.1 Å². The van der Waals surface area contributed by atoms with Gasteiger partial charge in [-0.05, 0) is 42.5 Å². The Hall–Kier alpha value is -3.61. The summed E-state index contributed by atoms with van der Waals surface area (Å²) in [6, 6.07) is 8.83. The van der Waals surface area contributed by atoms with Gasteiger partial charge in [-0.1, -0.05) is 12.1 Å². The third kappa shape index (κ3) is 3.59. The van der Waals surface area contributed by atoms with Crippen LogP contribution in [0.1, 0.15) is 34.6 Å². The molecule has 1 fully saturated rings. The number of hydrogen-bond donors (Lipinski definition) is 2. The SMILES string of the molecule is O=C(O)c1ccc2c(c1)nc(NCc1cccnc1)c1nc(CC3CC3)ncc12. The van der Waals surface area contributed by atoms with Crippen molar-refractivity contribution in [3.8, 4) is 0 Å². The highest BCUT2D eigenvalue weighted by atomic mass is 16.4. The average molecular weight is 385 g/mol. The average Bonchev–Trinajstić information content (AvgIpc) is 3.56. The fourth-order valence-corrected chi connectivity index (χ4v) is 3.44. The molecule has 0 spiro atoms. The second kappa shape index (κ2) is 7.09. The van der Waals surface area contributed by atoms with Gasteiger partial charge in [-0.25, -0.2) is 19.7 Å². The van der Waals surface area contributed by atoms with E-state index in [1.165, 1.54) is 12.8 Å². The molecule has 1 saturated carbocycles. The number of aromatic carboxylic acids is 1. The van der Waals surface area contributed by atoms with E-state index in [-0.39, 0.29) is 5.56 Å². The first-order valence-corrected chi connectivity index (χ1v) is 9.63. The summed E-state index contributed by atoms with van der Waals surface area (Å²) in [7, 11) is 0. The molecular weight excluding hydrogens is 366 g/mol. The lowest BCUT2D eigenvalue weighted by Crippen LogP contribution is -2.06. The van der Waals surface area contributed by atoms with Crippen molar-refractivity contribution in [2.24, 2.45) is 5.92 Å². The van der Waals surface area contributed by atoms with Crippen molar-refractivity contribution < 1.29 is 9.90 Å². The van der Waals surface area contributed by atoms with Gasteiger partial charge in [0.2, 0.25) is 0 Å². The zero-order valence-electron chi connectivity index (χ0n) is 15.7. The second-order valence-electron chi connectivity index (χ2n) is 7.41. The highest BCUT2D eigenvalue weighted by molar-refractivity contribution is 6.09. The topological polar surface area (TPSA) is 101 Å². The number of carboxylic acids is 1. The predicted molar refractivity (Wildman–Crippen MR) is 110 cm³/mol. The molecule has 0 unspecified atom stereocenters. The number of pyridine rings is 2. The molecule has 7 nitrogen and oxygen atoms in total. The van der Waals surface area contributed by atoms with Crippen molar-refractivity contribution in [3.05, 3.63) is 65.9 Å². The third-order valence-corrected chi connectivity index (χ3v) is 5.18. The Kier molecular flexibility index (Phi) is 4.27. The first-order valence-electron chi connectivity index (χ1n) is 9.63. The Balaban J connectivity index is 1.63. The molecule has 0 amide bonds. The van der Waals surface area contributed by atoms with Crippen molar-refractivity contribution in [1.82, 2.24) is 19.9 Å². The fraction of sp³-hybridized carbons (Fsp3) is 0.227. The quantitative estimate of drug-likeness (QED) is 0.486. The summed E-state index contributed by atoms with van der Waals surface area (Å²) in [6.07, 6.45) is 8.72. The summed E-state index contributed by atoms with van der Waals surface area (Å²) in [5, 5.41) is 14.4. The summed E-state index contributed by atoms with van der Waals surface area (Å²) in [5.74, 6) is 1.16. The van der Waals surface area contributed by atoms with E-state index in [0.29, 0.717) is 23.8 Å². The Morgan fingerprint density at radius 3 is 2.79 bits per heavy atom. The lowest BCUT2D eigenvalue weighted by atomic mass is 10.1. The zero-order valence-corrected chi connectivity index (χ0v) is 15.7. The molecule has 3 heterocycles. The molecule has 0 bridgehead atoms. The maximum Gasteiger partial charge on any atom is 0.335 e. The summed E-state index contributed by atoms with van der Waals surface area (Å²) in [4.78, 5) is 29.6. The van der Waals surface area contributed by atoms with Crippen LogP contribution in [-0.2, 0) is 13.0 Å². The molecule has 0 radical (unpaired) electrons. The summed E-state index contributed by atoms with van der Waals surface area (Å²) in [5.41, 5.74) is 2.59. The number of fused-ring (bicyclic) bond motifs is 3. The van der Waals surface area contributed by atoms with Crippen LogP contribution in [0.4, 0.5) is 5.82 Å². The number of aromatic nitrogens is 4. The van der Waals surface area contributed by atoms with Crippen molar-refractivity contribution in [1.29, 1.82) is 0 Å². The molecule has 144 valence electrons. The number of benzene rings is 1. The smallest absolute Gasteiger partial charge is 0.335 e. The summed E-state index contributed by atoms with van der Waals surface area (Å²) >= 11 is 0. The van der Waals surface area contributed by atoms with Crippen molar-refractivity contribution >= 4 is 33.6 Å². The first-order chi connectivity index (χ1) is 14.2. The molecule has 0 aliphatic heterocycles. The van der Waals surface area contributed by atoms with E-state index in [1.54, 1.807) is 30.6 Å². The molecule has 0 atom stereocenters. The number of nitrogens with one attached hydrogen (secondary N) is 1. The van der Waals surface area contributed by atoms with Gasteiger partial charge in [-0.15, -0.1) is 0 Å². The highest BCUT2D eigenvalue weighted by Crippen LogP contribution is 2.33. The van der Waals surface area contributed by atoms with E-state index >= 15 is 0 Å². The maximum absolute atomic E-state index is 11.4. The Labute approximate surface area is 166 Å². The Morgan fingerprint density at radius 2 is 2.03 bits per heavy atom. The number of hydrogen-bond acceptors (Lipinski definition) is 6. The third-order valence-electron chi connectivity index (χ3n) is 5.18. The van der Waals surface area contributed by atoms with Crippen LogP contribution in [0.2, 0.25) is 0 Å². The lowest BCUT2D eigenvalue weighted by Gasteiger charge is -2.12. The summed E-state index contributed by atoms with van der Waals surface area (Å²) in [6.45, 7) is 0.544. The van der Waals surface area contributed by atoms with Gasteiger partial charge in [0.05, 0.1) is 11.1 Å². The van der Waals surface area contributed by atoms with Crippen LogP contribution in [0, 0.1) is 5.92 Å². The van der Waals surface area contributed by atoms with E-state index in [1.807, 2.05) is 18.3 Å². The van der Waals surface area contributed by atoms with E-state index in [4.69, 9.17) is 9.97 Å². The molecule has 1 aliphatic rings. The number of anilines is 1. The largest absolute Gasteiger partial charge is 0.478 e. The molecule has 1 aromatic carbocycles. The lowest BCUT2D eigenvalue weighted by molar-refractivity contribution is 0.0697. The maximum atomic E-state index is 11.4. The van der Waals surface area contributed by atoms with Gasteiger partial charge in [0.25, 0.3) is 0 Å². The molecule has 0 saturated heterocycles. The normalized spacial score (nSPS) is 13.7. The molecule has 1 aliphatic carbocycles. The van der Waals surface area contributed by atoms with Gasteiger partial charge in [-0.3, -0.25) is 4.98 Å². The molecule has 3 aromatic heterocycles. The minimum atomic E-state index is -0.977. The Morgan fingerprint density at radius 1 is 1.14 bits per heavy atom. The number of carbonyl (C=O) groups is 1. The van der Waals surface area contributed by atoms with Gasteiger partial charge in [0.15, 0.2) is 5.82 Å².